The Bertz CT molecular complexity index is 479. The van der Waals surface area contributed by atoms with E-state index in [0.717, 1.165) is 18.6 Å². The number of rotatable bonds is 1. The number of benzene rings is 1. The largest absolute Gasteiger partial charge is 0.416 e. The normalized spacial score (nSPS) is 30.6. The molecule has 0 bridgehead atoms. The van der Waals surface area contributed by atoms with Crippen LogP contribution < -0.4 is 0 Å². The van der Waals surface area contributed by atoms with Gasteiger partial charge in [0.1, 0.15) is 0 Å². The van der Waals surface area contributed by atoms with E-state index in [9.17, 15) is 18.3 Å². The summed E-state index contributed by atoms with van der Waals surface area (Å²) in [4.78, 5) is 0. The van der Waals surface area contributed by atoms with Crippen molar-refractivity contribution in [1.29, 1.82) is 0 Å². The summed E-state index contributed by atoms with van der Waals surface area (Å²) in [5.74, 6) is -0.0500. The number of hydrogen-bond donors (Lipinski definition) is 1. The molecule has 1 saturated carbocycles. The highest BCUT2D eigenvalue weighted by Gasteiger charge is 2.48. The molecule has 0 heterocycles. The maximum Gasteiger partial charge on any atom is 0.416 e. The van der Waals surface area contributed by atoms with Crippen molar-refractivity contribution in [3.05, 3.63) is 35.4 Å². The van der Waals surface area contributed by atoms with Gasteiger partial charge in [0.2, 0.25) is 0 Å². The predicted octanol–water partition coefficient (Wildman–Crippen LogP) is 4.35. The lowest BCUT2D eigenvalue weighted by atomic mass is 9.83. The summed E-state index contributed by atoms with van der Waals surface area (Å²) in [6.07, 6.45) is -3.08. The number of halogens is 3. The summed E-state index contributed by atoms with van der Waals surface area (Å²) in [6.45, 7) is 5.97. The molecule has 2 atom stereocenters. The van der Waals surface area contributed by atoms with E-state index in [1.807, 2.05) is 20.8 Å². The maximum atomic E-state index is 12.7. The molecular weight excluding hydrogens is 253 g/mol. The summed E-state index contributed by atoms with van der Waals surface area (Å²) < 4.78 is 38.2. The third-order valence-electron chi connectivity index (χ3n) is 4.11. The molecule has 4 heteroatoms. The summed E-state index contributed by atoms with van der Waals surface area (Å²) in [5.41, 5.74) is -1.54. The van der Waals surface area contributed by atoms with Crippen LogP contribution in [0.5, 0.6) is 0 Å². The second-order valence-electron chi connectivity index (χ2n) is 6.45. The fraction of sp³-hybridized carbons (Fsp3) is 0.600. The Morgan fingerprint density at radius 3 is 2.37 bits per heavy atom. The Balaban J connectivity index is 2.42. The van der Waals surface area contributed by atoms with E-state index < -0.39 is 17.3 Å². The van der Waals surface area contributed by atoms with E-state index in [4.69, 9.17) is 0 Å². The topological polar surface area (TPSA) is 20.2 Å². The minimum Gasteiger partial charge on any atom is -0.385 e. The van der Waals surface area contributed by atoms with Crippen LogP contribution in [0.15, 0.2) is 24.3 Å². The molecular formula is C15H19F3O. The van der Waals surface area contributed by atoms with Gasteiger partial charge in [-0.15, -0.1) is 0 Å². The Kier molecular flexibility index (Phi) is 3.21. The zero-order chi connectivity index (χ0) is 14.5. The van der Waals surface area contributed by atoms with Crippen molar-refractivity contribution < 1.29 is 18.3 Å². The van der Waals surface area contributed by atoms with Crippen molar-refractivity contribution in [3.63, 3.8) is 0 Å². The van der Waals surface area contributed by atoms with Gasteiger partial charge in [0.15, 0.2) is 0 Å². The van der Waals surface area contributed by atoms with E-state index in [-0.39, 0.29) is 11.3 Å². The minimum absolute atomic E-state index is 0.0500. The molecule has 1 nitrogen and oxygen atoms in total. The van der Waals surface area contributed by atoms with Crippen LogP contribution in [-0.2, 0) is 11.8 Å². The lowest BCUT2D eigenvalue weighted by Crippen LogP contribution is -2.29. The van der Waals surface area contributed by atoms with Gasteiger partial charge in [0, 0.05) is 0 Å². The molecule has 1 fully saturated rings. The first kappa shape index (κ1) is 14.4. The van der Waals surface area contributed by atoms with Gasteiger partial charge in [-0.25, -0.2) is 0 Å². The zero-order valence-corrected chi connectivity index (χ0v) is 11.4. The van der Waals surface area contributed by atoms with Gasteiger partial charge in [0.25, 0.3) is 0 Å². The minimum atomic E-state index is -4.37. The molecule has 0 amide bonds. The fourth-order valence-electron chi connectivity index (χ4n) is 3.33. The van der Waals surface area contributed by atoms with Crippen LogP contribution >= 0.6 is 0 Å². The molecule has 2 unspecified atom stereocenters. The van der Waals surface area contributed by atoms with Crippen LogP contribution in [0.25, 0.3) is 0 Å². The van der Waals surface area contributed by atoms with E-state index >= 15 is 0 Å². The van der Waals surface area contributed by atoms with E-state index in [2.05, 4.69) is 0 Å². The maximum absolute atomic E-state index is 12.7. The van der Waals surface area contributed by atoms with E-state index in [1.165, 1.54) is 6.07 Å². The first-order chi connectivity index (χ1) is 8.55. The Labute approximate surface area is 111 Å². The van der Waals surface area contributed by atoms with Gasteiger partial charge in [-0.2, -0.15) is 13.2 Å². The monoisotopic (exact) mass is 272 g/mol. The van der Waals surface area contributed by atoms with Crippen molar-refractivity contribution in [2.45, 2.75) is 45.4 Å². The van der Waals surface area contributed by atoms with Gasteiger partial charge in [-0.3, -0.25) is 0 Å². The lowest BCUT2D eigenvalue weighted by molar-refractivity contribution is -0.137. The summed E-state index contributed by atoms with van der Waals surface area (Å²) in [6, 6.07) is 5.08. The molecule has 1 aromatic rings. The number of alkyl halides is 3. The molecule has 1 aliphatic carbocycles. The summed E-state index contributed by atoms with van der Waals surface area (Å²) >= 11 is 0. The molecule has 0 radical (unpaired) electrons. The van der Waals surface area contributed by atoms with Crippen LogP contribution in [0.1, 0.15) is 44.7 Å². The van der Waals surface area contributed by atoms with Crippen LogP contribution in [-0.4, -0.2) is 5.11 Å². The van der Waals surface area contributed by atoms with Crippen LogP contribution in [0, 0.1) is 11.3 Å². The zero-order valence-electron chi connectivity index (χ0n) is 11.4. The first-order valence-corrected chi connectivity index (χ1v) is 6.45. The predicted molar refractivity (Wildman–Crippen MR) is 67.5 cm³/mol. The van der Waals surface area contributed by atoms with Gasteiger partial charge >= 0.3 is 6.18 Å². The highest BCUT2D eigenvalue weighted by atomic mass is 19.4. The third-order valence-corrected chi connectivity index (χ3v) is 4.11. The SMILES string of the molecule is CC1CC(C)(C)CC1(O)c1cccc(C(F)(F)F)c1. The van der Waals surface area contributed by atoms with Gasteiger partial charge in [0.05, 0.1) is 11.2 Å². The van der Waals surface area contributed by atoms with Gasteiger partial charge in [-0.1, -0.05) is 32.9 Å². The van der Waals surface area contributed by atoms with Crippen molar-refractivity contribution in [2.75, 3.05) is 0 Å². The second kappa shape index (κ2) is 4.23. The van der Waals surface area contributed by atoms with Crippen LogP contribution in [0.4, 0.5) is 13.2 Å². The van der Waals surface area contributed by atoms with Crippen LogP contribution in [0.3, 0.4) is 0 Å². The van der Waals surface area contributed by atoms with Crippen LogP contribution in [0.2, 0.25) is 0 Å². The first-order valence-electron chi connectivity index (χ1n) is 6.45. The Hall–Kier alpha value is -1.03. The van der Waals surface area contributed by atoms with Crippen molar-refractivity contribution in [2.24, 2.45) is 11.3 Å². The highest BCUT2D eigenvalue weighted by Crippen LogP contribution is 2.52. The molecule has 0 saturated heterocycles. The standard InChI is InChI=1S/C15H19F3O/c1-10-8-13(2,3)9-14(10,19)11-5-4-6-12(7-11)15(16,17)18/h4-7,10,19H,8-9H2,1-3H3. The molecule has 0 aliphatic heterocycles. The quantitative estimate of drug-likeness (QED) is 0.806. The number of hydrogen-bond acceptors (Lipinski definition) is 1. The Morgan fingerprint density at radius 1 is 1.26 bits per heavy atom. The van der Waals surface area contributed by atoms with Gasteiger partial charge in [-0.05, 0) is 41.9 Å². The molecule has 2 rings (SSSR count). The molecule has 1 aromatic carbocycles. The summed E-state index contributed by atoms with van der Waals surface area (Å²) in [7, 11) is 0. The Morgan fingerprint density at radius 2 is 1.89 bits per heavy atom. The molecule has 106 valence electrons. The average Bonchev–Trinajstić information content (AvgIpc) is 2.47. The van der Waals surface area contributed by atoms with Crippen molar-refractivity contribution >= 4 is 0 Å². The van der Waals surface area contributed by atoms with Crippen molar-refractivity contribution in [1.82, 2.24) is 0 Å². The lowest BCUT2D eigenvalue weighted by Gasteiger charge is -2.29. The van der Waals surface area contributed by atoms with E-state index in [1.54, 1.807) is 6.07 Å². The van der Waals surface area contributed by atoms with Gasteiger partial charge < -0.3 is 5.11 Å². The number of aliphatic hydroxyl groups is 1. The molecule has 1 aliphatic rings. The summed E-state index contributed by atoms with van der Waals surface area (Å²) in [5, 5.41) is 10.8. The fourth-order valence-corrected chi connectivity index (χ4v) is 3.33. The third kappa shape index (κ3) is 2.64. The van der Waals surface area contributed by atoms with E-state index in [0.29, 0.717) is 12.0 Å². The molecule has 0 aromatic heterocycles. The highest BCUT2D eigenvalue weighted by molar-refractivity contribution is 5.32. The average molecular weight is 272 g/mol. The molecule has 0 spiro atoms. The van der Waals surface area contributed by atoms with Crippen molar-refractivity contribution in [3.8, 4) is 0 Å². The molecule has 1 N–H and O–H groups in total. The smallest absolute Gasteiger partial charge is 0.385 e. The molecule has 19 heavy (non-hydrogen) atoms. The second-order valence-corrected chi connectivity index (χ2v) is 6.45.